The van der Waals surface area contributed by atoms with E-state index in [9.17, 15) is 9.90 Å². The summed E-state index contributed by atoms with van der Waals surface area (Å²) in [5, 5.41) is 13.8. The third-order valence-electron chi connectivity index (χ3n) is 2.95. The fraction of sp³-hybridized carbons (Fsp3) is 0.176. The Labute approximate surface area is 134 Å². The number of phenolic OH excluding ortho intramolecular Hbond substituents is 1. The molecule has 0 heterocycles. The number of anilines is 1. The van der Waals surface area contributed by atoms with Crippen LogP contribution in [0.3, 0.4) is 0 Å². The van der Waals surface area contributed by atoms with Gasteiger partial charge in [0.15, 0.2) is 0 Å². The summed E-state index contributed by atoms with van der Waals surface area (Å²) < 4.78 is 5.48. The molecule has 0 aliphatic rings. The average Bonchev–Trinajstić information content (AvgIpc) is 2.49. The third kappa shape index (κ3) is 4.47. The number of nitrogens with zero attached hydrogens (tertiary/aromatic N) is 1. The van der Waals surface area contributed by atoms with Gasteiger partial charge in [-0.2, -0.15) is 5.10 Å². The second kappa shape index (κ2) is 7.31. The van der Waals surface area contributed by atoms with Crippen molar-refractivity contribution in [3.63, 3.8) is 0 Å². The molecule has 0 atom stereocenters. The fourth-order valence-corrected chi connectivity index (χ4v) is 1.90. The van der Waals surface area contributed by atoms with Crippen molar-refractivity contribution in [2.75, 3.05) is 5.73 Å². The highest BCUT2D eigenvalue weighted by Gasteiger charge is 2.07. The molecule has 120 valence electrons. The highest BCUT2D eigenvalue weighted by Crippen LogP contribution is 2.23. The summed E-state index contributed by atoms with van der Waals surface area (Å²) in [7, 11) is 0. The number of hydrazone groups is 1. The molecule has 0 aliphatic heterocycles. The molecule has 23 heavy (non-hydrogen) atoms. The van der Waals surface area contributed by atoms with Gasteiger partial charge >= 0.3 is 0 Å². The quantitative estimate of drug-likeness (QED) is 0.449. The van der Waals surface area contributed by atoms with Crippen LogP contribution in [0.2, 0.25) is 0 Å². The fourth-order valence-electron chi connectivity index (χ4n) is 1.90. The molecule has 0 saturated heterocycles. The Kier molecular flexibility index (Phi) is 5.19. The zero-order chi connectivity index (χ0) is 16.8. The minimum absolute atomic E-state index is 0.0142. The Morgan fingerprint density at radius 3 is 2.70 bits per heavy atom. The lowest BCUT2D eigenvalue weighted by molar-refractivity contribution is 0.0956. The van der Waals surface area contributed by atoms with Crippen molar-refractivity contribution in [2.45, 2.75) is 20.0 Å². The van der Waals surface area contributed by atoms with Crippen LogP contribution < -0.4 is 15.9 Å². The van der Waals surface area contributed by atoms with Gasteiger partial charge in [-0.05, 0) is 38.1 Å². The van der Waals surface area contributed by atoms with Crippen molar-refractivity contribution < 1.29 is 14.6 Å². The van der Waals surface area contributed by atoms with Crippen LogP contribution in [0, 0.1) is 0 Å². The van der Waals surface area contributed by atoms with E-state index < -0.39 is 5.91 Å². The molecule has 0 aromatic heterocycles. The molecule has 0 unspecified atom stereocenters. The average molecular weight is 313 g/mol. The van der Waals surface area contributed by atoms with Crippen LogP contribution in [0.5, 0.6) is 11.5 Å². The Bertz CT molecular complexity index is 727. The number of carbonyl (C=O) groups is 1. The van der Waals surface area contributed by atoms with Crippen molar-refractivity contribution in [1.82, 2.24) is 5.43 Å². The first-order chi connectivity index (χ1) is 11.0. The first-order valence-corrected chi connectivity index (χ1v) is 7.15. The monoisotopic (exact) mass is 313 g/mol. The summed E-state index contributed by atoms with van der Waals surface area (Å²) in [4.78, 5) is 11.9. The Morgan fingerprint density at radius 1 is 1.30 bits per heavy atom. The highest BCUT2D eigenvalue weighted by atomic mass is 16.5. The number of hydrogen-bond acceptors (Lipinski definition) is 5. The molecule has 2 rings (SSSR count). The maximum Gasteiger partial charge on any atom is 0.273 e. The molecule has 0 fully saturated rings. The van der Waals surface area contributed by atoms with Crippen molar-refractivity contribution >= 4 is 17.8 Å². The van der Waals surface area contributed by atoms with Crippen LogP contribution in [-0.2, 0) is 0 Å². The molecule has 6 nitrogen and oxygen atoms in total. The van der Waals surface area contributed by atoms with E-state index in [2.05, 4.69) is 10.5 Å². The van der Waals surface area contributed by atoms with Gasteiger partial charge in [0.1, 0.15) is 11.5 Å². The number of phenols is 1. The first kappa shape index (κ1) is 16.4. The van der Waals surface area contributed by atoms with Gasteiger partial charge in [-0.1, -0.05) is 12.1 Å². The Hall–Kier alpha value is -3.02. The smallest absolute Gasteiger partial charge is 0.273 e. The largest absolute Gasteiger partial charge is 0.507 e. The molecule has 4 N–H and O–H groups in total. The lowest BCUT2D eigenvalue weighted by Crippen LogP contribution is -2.19. The van der Waals surface area contributed by atoms with Crippen molar-refractivity contribution in [3.8, 4) is 11.5 Å². The molecule has 6 heteroatoms. The van der Waals surface area contributed by atoms with Gasteiger partial charge in [-0.25, -0.2) is 5.43 Å². The molecule has 0 saturated carbocycles. The number of hydrogen-bond donors (Lipinski definition) is 3. The number of carbonyl (C=O) groups excluding carboxylic acids is 1. The summed E-state index contributed by atoms with van der Waals surface area (Å²) in [5.74, 6) is 0.162. The van der Waals surface area contributed by atoms with E-state index in [1.165, 1.54) is 12.3 Å². The van der Waals surface area contributed by atoms with E-state index in [4.69, 9.17) is 10.5 Å². The maximum atomic E-state index is 11.9. The van der Waals surface area contributed by atoms with Gasteiger partial charge in [0.05, 0.1) is 17.9 Å². The van der Waals surface area contributed by atoms with Gasteiger partial charge < -0.3 is 15.6 Å². The van der Waals surface area contributed by atoms with E-state index in [0.717, 1.165) is 0 Å². The standard InChI is InChI=1S/C17H19N3O3/c1-11(2)23-13-8-7-12(16(21)9-13)10-19-20-17(22)14-5-3-4-6-15(14)18/h3-11,21H,18H2,1-2H3,(H,20,22)/b19-10-. The van der Waals surface area contributed by atoms with Crippen LogP contribution in [0.15, 0.2) is 47.6 Å². The number of aromatic hydroxyl groups is 1. The van der Waals surface area contributed by atoms with Crippen molar-refractivity contribution in [2.24, 2.45) is 5.10 Å². The predicted octanol–water partition coefficient (Wildman–Crippen LogP) is 2.53. The van der Waals surface area contributed by atoms with Gasteiger partial charge in [-0.3, -0.25) is 4.79 Å². The molecule has 2 aromatic carbocycles. The van der Waals surface area contributed by atoms with Crippen LogP contribution in [-0.4, -0.2) is 23.3 Å². The zero-order valence-electron chi connectivity index (χ0n) is 13.0. The zero-order valence-corrected chi connectivity index (χ0v) is 13.0. The number of ether oxygens (including phenoxy) is 1. The second-order valence-electron chi connectivity index (χ2n) is 5.17. The number of nitrogens with two attached hydrogens (primary N) is 1. The molecule has 0 aliphatic carbocycles. The van der Waals surface area contributed by atoms with Crippen LogP contribution in [0.4, 0.5) is 5.69 Å². The van der Waals surface area contributed by atoms with Gasteiger partial charge in [0, 0.05) is 17.3 Å². The second-order valence-corrected chi connectivity index (χ2v) is 5.17. The number of amides is 1. The summed E-state index contributed by atoms with van der Waals surface area (Å²) in [6.45, 7) is 3.80. The normalized spacial score (nSPS) is 10.9. The molecular weight excluding hydrogens is 294 g/mol. The number of rotatable bonds is 5. The van der Waals surface area contributed by atoms with E-state index in [1.54, 1.807) is 36.4 Å². The molecule has 0 radical (unpaired) electrons. The summed E-state index contributed by atoms with van der Waals surface area (Å²) in [6.07, 6.45) is 1.37. The molecule has 2 aromatic rings. The lowest BCUT2D eigenvalue weighted by Gasteiger charge is -2.10. The SMILES string of the molecule is CC(C)Oc1ccc(/C=N\NC(=O)c2ccccc2N)c(O)c1. The summed E-state index contributed by atoms with van der Waals surface area (Å²) in [5.41, 5.74) is 9.26. The van der Waals surface area contributed by atoms with Crippen molar-refractivity contribution in [3.05, 3.63) is 53.6 Å². The number of nitrogen functional groups attached to an aromatic ring is 1. The Balaban J connectivity index is 2.03. The molecule has 1 amide bonds. The van der Waals surface area contributed by atoms with Crippen LogP contribution in [0.25, 0.3) is 0 Å². The highest BCUT2D eigenvalue weighted by molar-refractivity contribution is 5.99. The van der Waals surface area contributed by atoms with Crippen LogP contribution >= 0.6 is 0 Å². The molecule has 0 bridgehead atoms. The van der Waals surface area contributed by atoms with Gasteiger partial charge in [0.2, 0.25) is 0 Å². The lowest BCUT2D eigenvalue weighted by atomic mass is 10.2. The third-order valence-corrected chi connectivity index (χ3v) is 2.95. The van der Waals surface area contributed by atoms with Crippen LogP contribution in [0.1, 0.15) is 29.8 Å². The van der Waals surface area contributed by atoms with Crippen molar-refractivity contribution in [1.29, 1.82) is 0 Å². The minimum Gasteiger partial charge on any atom is -0.507 e. The predicted molar refractivity (Wildman–Crippen MR) is 89.8 cm³/mol. The number of benzene rings is 2. The minimum atomic E-state index is -0.418. The topological polar surface area (TPSA) is 96.9 Å². The Morgan fingerprint density at radius 2 is 2.04 bits per heavy atom. The van der Waals surface area contributed by atoms with E-state index in [0.29, 0.717) is 22.6 Å². The van der Waals surface area contributed by atoms with E-state index in [1.807, 2.05) is 13.8 Å². The van der Waals surface area contributed by atoms with Gasteiger partial charge in [-0.15, -0.1) is 0 Å². The molecular formula is C17H19N3O3. The number of nitrogens with one attached hydrogen (secondary N) is 1. The number of para-hydroxylation sites is 1. The summed E-state index contributed by atoms with van der Waals surface area (Å²) >= 11 is 0. The maximum absolute atomic E-state index is 11.9. The van der Waals surface area contributed by atoms with E-state index >= 15 is 0 Å². The van der Waals surface area contributed by atoms with E-state index in [-0.39, 0.29) is 11.9 Å². The first-order valence-electron chi connectivity index (χ1n) is 7.15. The molecule has 0 spiro atoms. The van der Waals surface area contributed by atoms with Gasteiger partial charge in [0.25, 0.3) is 5.91 Å². The summed E-state index contributed by atoms with van der Waals surface area (Å²) in [6, 6.07) is 11.6.